The van der Waals surface area contributed by atoms with Gasteiger partial charge in [-0.2, -0.15) is 0 Å². The number of fused-ring (bicyclic) bond motifs is 1. The van der Waals surface area contributed by atoms with Crippen molar-refractivity contribution in [3.63, 3.8) is 0 Å². The van der Waals surface area contributed by atoms with Gasteiger partial charge in [0.15, 0.2) is 0 Å². The fraction of sp³-hybridized carbons (Fsp3) is 0.333. The van der Waals surface area contributed by atoms with Crippen molar-refractivity contribution in [1.29, 1.82) is 0 Å². The van der Waals surface area contributed by atoms with Crippen LogP contribution >= 0.6 is 0 Å². The Morgan fingerprint density at radius 2 is 1.71 bits per heavy atom. The highest BCUT2D eigenvalue weighted by Gasteiger charge is 2.44. The Morgan fingerprint density at radius 3 is 2.33 bits per heavy atom. The summed E-state index contributed by atoms with van der Waals surface area (Å²) in [4.78, 5) is 0. The van der Waals surface area contributed by atoms with Crippen molar-refractivity contribution >= 4 is 0 Å². The second kappa shape index (κ2) is 4.99. The first-order valence-corrected chi connectivity index (χ1v) is 7.06. The summed E-state index contributed by atoms with van der Waals surface area (Å²) in [7, 11) is 3.33. The maximum Gasteiger partial charge on any atom is 0.131 e. The summed E-state index contributed by atoms with van der Waals surface area (Å²) < 4.78 is 17.1. The molecule has 1 aliphatic rings. The van der Waals surface area contributed by atoms with Crippen LogP contribution in [0.4, 0.5) is 0 Å². The van der Waals surface area contributed by atoms with Crippen LogP contribution in [-0.4, -0.2) is 19.8 Å². The van der Waals surface area contributed by atoms with Crippen molar-refractivity contribution in [1.82, 2.24) is 0 Å². The Morgan fingerprint density at radius 1 is 1.00 bits per heavy atom. The number of rotatable bonds is 3. The maximum absolute atomic E-state index is 6.19. The number of methoxy groups -OCH3 is 2. The summed E-state index contributed by atoms with van der Waals surface area (Å²) in [6.45, 7) is 4.22. The van der Waals surface area contributed by atoms with Crippen molar-refractivity contribution < 1.29 is 14.2 Å². The molecule has 1 atom stereocenters. The van der Waals surface area contributed by atoms with Crippen LogP contribution in [0.15, 0.2) is 42.5 Å². The van der Waals surface area contributed by atoms with E-state index in [-0.39, 0.29) is 11.5 Å². The maximum atomic E-state index is 6.19. The molecule has 3 rings (SSSR count). The topological polar surface area (TPSA) is 27.7 Å². The zero-order valence-electron chi connectivity index (χ0n) is 12.8. The molecule has 0 N–H and O–H groups in total. The van der Waals surface area contributed by atoms with Crippen LogP contribution in [0.5, 0.6) is 17.2 Å². The SMILES string of the molecule is COc1cc(OC)c2c(c1)OC(C)(C)C2c1ccccc1. The molecular weight excluding hydrogens is 264 g/mol. The minimum absolute atomic E-state index is 0.134. The molecule has 3 nitrogen and oxygen atoms in total. The average Bonchev–Trinajstić information content (AvgIpc) is 2.76. The predicted octanol–water partition coefficient (Wildman–Crippen LogP) is 4.01. The highest BCUT2D eigenvalue weighted by Crippen LogP contribution is 2.53. The van der Waals surface area contributed by atoms with Gasteiger partial charge in [-0.15, -0.1) is 0 Å². The summed E-state index contributed by atoms with van der Waals surface area (Å²) >= 11 is 0. The average molecular weight is 284 g/mol. The molecule has 110 valence electrons. The lowest BCUT2D eigenvalue weighted by atomic mass is 9.81. The molecular formula is C18H20O3. The van der Waals surface area contributed by atoms with E-state index in [1.165, 1.54) is 5.56 Å². The fourth-order valence-electron chi connectivity index (χ4n) is 3.14. The molecule has 3 heteroatoms. The minimum atomic E-state index is -0.330. The Balaban J connectivity index is 2.20. The molecule has 0 aromatic heterocycles. The number of ether oxygens (including phenoxy) is 3. The standard InChI is InChI=1S/C18H20O3/c1-18(2)17(12-8-6-5-7-9-12)16-14(20-4)10-13(19-3)11-15(16)21-18/h5-11,17H,1-4H3. The molecule has 1 heterocycles. The molecule has 1 aliphatic heterocycles. The van der Waals surface area contributed by atoms with Gasteiger partial charge >= 0.3 is 0 Å². The van der Waals surface area contributed by atoms with Crippen molar-refractivity contribution in [3.05, 3.63) is 53.6 Å². The normalized spacial score (nSPS) is 18.8. The van der Waals surface area contributed by atoms with Crippen molar-refractivity contribution in [2.45, 2.75) is 25.4 Å². The summed E-state index contributed by atoms with van der Waals surface area (Å²) in [5, 5.41) is 0. The van der Waals surface area contributed by atoms with Gasteiger partial charge in [0.25, 0.3) is 0 Å². The van der Waals surface area contributed by atoms with E-state index in [9.17, 15) is 0 Å². The third-order valence-electron chi connectivity index (χ3n) is 4.02. The minimum Gasteiger partial charge on any atom is -0.496 e. The van der Waals surface area contributed by atoms with Crippen LogP contribution in [0.1, 0.15) is 30.9 Å². The van der Waals surface area contributed by atoms with Gasteiger partial charge in [0.2, 0.25) is 0 Å². The highest BCUT2D eigenvalue weighted by molar-refractivity contribution is 5.59. The van der Waals surface area contributed by atoms with E-state index in [4.69, 9.17) is 14.2 Å². The van der Waals surface area contributed by atoms with E-state index in [1.807, 2.05) is 18.2 Å². The monoisotopic (exact) mass is 284 g/mol. The second-order valence-corrected chi connectivity index (χ2v) is 5.79. The first-order valence-electron chi connectivity index (χ1n) is 7.06. The van der Waals surface area contributed by atoms with Crippen LogP contribution in [0, 0.1) is 0 Å². The quantitative estimate of drug-likeness (QED) is 0.852. The number of hydrogen-bond donors (Lipinski definition) is 0. The van der Waals surface area contributed by atoms with Gasteiger partial charge in [-0.3, -0.25) is 0 Å². The highest BCUT2D eigenvalue weighted by atomic mass is 16.5. The Bertz CT molecular complexity index is 647. The predicted molar refractivity (Wildman–Crippen MR) is 82.5 cm³/mol. The van der Waals surface area contributed by atoms with Gasteiger partial charge < -0.3 is 14.2 Å². The molecule has 0 fully saturated rings. The molecule has 0 saturated heterocycles. The van der Waals surface area contributed by atoms with E-state index in [0.717, 1.165) is 22.8 Å². The van der Waals surface area contributed by atoms with Crippen LogP contribution < -0.4 is 14.2 Å². The lowest BCUT2D eigenvalue weighted by molar-refractivity contribution is 0.122. The van der Waals surface area contributed by atoms with Crippen molar-refractivity contribution in [2.24, 2.45) is 0 Å². The zero-order chi connectivity index (χ0) is 15.0. The van der Waals surface area contributed by atoms with Crippen LogP contribution in [-0.2, 0) is 0 Å². The molecule has 0 saturated carbocycles. The van der Waals surface area contributed by atoms with Gasteiger partial charge in [0, 0.05) is 17.7 Å². The molecule has 2 aromatic carbocycles. The Hall–Kier alpha value is -2.16. The van der Waals surface area contributed by atoms with E-state index < -0.39 is 0 Å². The lowest BCUT2D eigenvalue weighted by Crippen LogP contribution is -2.31. The largest absolute Gasteiger partial charge is 0.496 e. The van der Waals surface area contributed by atoms with Crippen LogP contribution in [0.2, 0.25) is 0 Å². The van der Waals surface area contributed by atoms with Crippen molar-refractivity contribution in [3.8, 4) is 17.2 Å². The summed E-state index contributed by atoms with van der Waals surface area (Å²) in [6.07, 6.45) is 0. The molecule has 2 aromatic rings. The number of benzene rings is 2. The Kier molecular flexibility index (Phi) is 3.28. The summed E-state index contributed by atoms with van der Waals surface area (Å²) in [6, 6.07) is 14.3. The van der Waals surface area contributed by atoms with E-state index >= 15 is 0 Å². The molecule has 21 heavy (non-hydrogen) atoms. The molecule has 0 spiro atoms. The fourth-order valence-corrected chi connectivity index (χ4v) is 3.14. The molecule has 0 aliphatic carbocycles. The van der Waals surface area contributed by atoms with Crippen molar-refractivity contribution in [2.75, 3.05) is 14.2 Å². The van der Waals surface area contributed by atoms with E-state index in [2.05, 4.69) is 38.1 Å². The van der Waals surface area contributed by atoms with Gasteiger partial charge in [-0.25, -0.2) is 0 Å². The van der Waals surface area contributed by atoms with Gasteiger partial charge in [-0.1, -0.05) is 30.3 Å². The lowest BCUT2D eigenvalue weighted by Gasteiger charge is -2.27. The first kappa shape index (κ1) is 13.8. The zero-order valence-corrected chi connectivity index (χ0v) is 12.8. The first-order chi connectivity index (χ1) is 10.1. The summed E-state index contributed by atoms with van der Waals surface area (Å²) in [5.74, 6) is 2.53. The molecule has 1 unspecified atom stereocenters. The van der Waals surface area contributed by atoms with Crippen LogP contribution in [0.25, 0.3) is 0 Å². The number of hydrogen-bond acceptors (Lipinski definition) is 3. The smallest absolute Gasteiger partial charge is 0.131 e. The van der Waals surface area contributed by atoms with E-state index in [0.29, 0.717) is 0 Å². The van der Waals surface area contributed by atoms with Gasteiger partial charge in [0.1, 0.15) is 22.8 Å². The van der Waals surface area contributed by atoms with Crippen LogP contribution in [0.3, 0.4) is 0 Å². The Labute approximate surface area is 125 Å². The summed E-state index contributed by atoms with van der Waals surface area (Å²) in [5.41, 5.74) is 1.99. The van der Waals surface area contributed by atoms with Gasteiger partial charge in [0.05, 0.1) is 20.1 Å². The van der Waals surface area contributed by atoms with E-state index in [1.54, 1.807) is 14.2 Å². The van der Waals surface area contributed by atoms with Gasteiger partial charge in [-0.05, 0) is 19.4 Å². The molecule has 0 radical (unpaired) electrons. The second-order valence-electron chi connectivity index (χ2n) is 5.79. The third kappa shape index (κ3) is 2.23. The third-order valence-corrected chi connectivity index (χ3v) is 4.02. The molecule has 0 amide bonds. The molecule has 0 bridgehead atoms.